The lowest BCUT2D eigenvalue weighted by molar-refractivity contribution is -0.142. The van der Waals surface area contributed by atoms with Gasteiger partial charge in [0.05, 0.1) is 16.3 Å². The third-order valence-corrected chi connectivity index (χ3v) is 8.85. The van der Waals surface area contributed by atoms with E-state index in [9.17, 15) is 24.3 Å². The van der Waals surface area contributed by atoms with E-state index >= 15 is 4.39 Å². The van der Waals surface area contributed by atoms with E-state index in [4.69, 9.17) is 17.3 Å². The number of amides is 3. The molecule has 4 aromatic rings. The number of halogens is 2. The van der Waals surface area contributed by atoms with Gasteiger partial charge in [0.25, 0.3) is 5.91 Å². The lowest BCUT2D eigenvalue weighted by Crippen LogP contribution is -2.56. The summed E-state index contributed by atoms with van der Waals surface area (Å²) in [5.41, 5.74) is 13.7. The van der Waals surface area contributed by atoms with E-state index in [1.54, 1.807) is 42.5 Å². The van der Waals surface area contributed by atoms with Crippen LogP contribution in [-0.4, -0.2) is 45.6 Å². The Labute approximate surface area is 291 Å². The van der Waals surface area contributed by atoms with Crippen LogP contribution in [0, 0.1) is 5.82 Å². The van der Waals surface area contributed by atoms with Gasteiger partial charge < -0.3 is 21.1 Å². The van der Waals surface area contributed by atoms with Crippen LogP contribution in [0.2, 0.25) is 5.02 Å². The van der Waals surface area contributed by atoms with E-state index < -0.39 is 41.1 Å². The van der Waals surface area contributed by atoms with Crippen LogP contribution in [-0.2, 0) is 16.0 Å². The first-order chi connectivity index (χ1) is 23.9. The number of fused-ring (bicyclic) bond motifs is 1. The van der Waals surface area contributed by atoms with Gasteiger partial charge in [-0.05, 0) is 97.1 Å². The number of benzene rings is 4. The molecule has 0 saturated carbocycles. The Balaban J connectivity index is 1.44. The van der Waals surface area contributed by atoms with Crippen molar-refractivity contribution < 1.29 is 28.7 Å². The summed E-state index contributed by atoms with van der Waals surface area (Å²) in [5.74, 6) is -3.57. The standard InChI is InChI=1S/C36H31ClFN7O5/c1-36(2)18-27-24(20-6-8-21(9-7-20)33(39)47)4-3-5-25(27)32(34(48)41-23-12-10-22(11-13-23)35(49)50)45(36)30(46)17-14-26-29(44-19-40-42-43-44)16-15-28(37)31(26)38/h3-17,19,32,42-43H,18H2,1-2H3,(H2,39,47)(H,41,48)(H,49,50)/b17-14+. The number of aromatic carboxylic acids is 1. The van der Waals surface area contributed by atoms with Crippen molar-refractivity contribution in [2.45, 2.75) is 31.8 Å². The van der Waals surface area contributed by atoms with Crippen molar-refractivity contribution in [3.05, 3.63) is 124 Å². The van der Waals surface area contributed by atoms with Crippen molar-refractivity contribution in [2.75, 3.05) is 10.3 Å². The number of hydrogen-bond acceptors (Lipinski definition) is 8. The molecule has 0 fully saturated rings. The van der Waals surface area contributed by atoms with Crippen LogP contribution in [0.4, 0.5) is 15.8 Å². The Kier molecular flexibility index (Phi) is 9.11. The summed E-state index contributed by atoms with van der Waals surface area (Å²) in [6, 6.07) is 19.7. The average molecular weight is 696 g/mol. The minimum atomic E-state index is -1.17. The molecule has 3 amide bonds. The van der Waals surface area contributed by atoms with Crippen molar-refractivity contribution in [1.82, 2.24) is 16.0 Å². The topological polar surface area (TPSA) is 169 Å². The second-order valence-corrected chi connectivity index (χ2v) is 12.7. The molecule has 2 heterocycles. The number of anilines is 2. The smallest absolute Gasteiger partial charge is 0.335 e. The quantitative estimate of drug-likeness (QED) is 0.155. The molecule has 50 heavy (non-hydrogen) atoms. The lowest BCUT2D eigenvalue weighted by atomic mass is 9.77. The minimum Gasteiger partial charge on any atom is -0.478 e. The summed E-state index contributed by atoms with van der Waals surface area (Å²) in [5, 5.41) is 17.3. The van der Waals surface area contributed by atoms with Gasteiger partial charge in [0.2, 0.25) is 11.8 Å². The van der Waals surface area contributed by atoms with Crippen LogP contribution in [0.5, 0.6) is 0 Å². The molecule has 14 heteroatoms. The molecule has 6 N–H and O–H groups in total. The number of nitrogens with zero attached hydrogens (tertiary/aromatic N) is 3. The maximum absolute atomic E-state index is 15.4. The van der Waals surface area contributed by atoms with E-state index in [-0.39, 0.29) is 16.1 Å². The maximum Gasteiger partial charge on any atom is 0.335 e. The molecule has 1 atom stereocenters. The number of carbonyl (C=O) groups is 4. The van der Waals surface area contributed by atoms with E-state index in [0.29, 0.717) is 28.9 Å². The molecule has 254 valence electrons. The van der Waals surface area contributed by atoms with E-state index in [0.717, 1.165) is 16.7 Å². The SMILES string of the molecule is CC1(C)Cc2c(-c3ccc(C(N)=O)cc3)cccc2C(C(=O)Nc2ccc(C(=O)O)cc2)N1C(=O)/C=C/c1c(N2C=NNN2)ccc(Cl)c1F. The second-order valence-electron chi connectivity index (χ2n) is 12.3. The Bertz CT molecular complexity index is 2080. The number of primary amides is 1. The average Bonchev–Trinajstić information content (AvgIpc) is 3.63. The Morgan fingerprint density at radius 3 is 2.36 bits per heavy atom. The fourth-order valence-electron chi connectivity index (χ4n) is 6.22. The van der Waals surface area contributed by atoms with Gasteiger partial charge in [-0.15, -0.1) is 5.53 Å². The highest BCUT2D eigenvalue weighted by molar-refractivity contribution is 6.31. The van der Waals surface area contributed by atoms with Crippen molar-refractivity contribution in [3.8, 4) is 11.1 Å². The van der Waals surface area contributed by atoms with Gasteiger partial charge in [-0.1, -0.05) is 41.9 Å². The zero-order valence-corrected chi connectivity index (χ0v) is 27.5. The number of carboxylic acid groups (broad SMARTS) is 1. The largest absolute Gasteiger partial charge is 0.478 e. The molecule has 6 rings (SSSR count). The summed E-state index contributed by atoms with van der Waals surface area (Å²) in [7, 11) is 0. The second kappa shape index (κ2) is 13.5. The highest BCUT2D eigenvalue weighted by Gasteiger charge is 2.46. The highest BCUT2D eigenvalue weighted by Crippen LogP contribution is 2.43. The third-order valence-electron chi connectivity index (χ3n) is 8.56. The van der Waals surface area contributed by atoms with Crippen LogP contribution in [0.15, 0.2) is 90.0 Å². The van der Waals surface area contributed by atoms with Gasteiger partial charge in [-0.25, -0.2) is 19.7 Å². The molecule has 2 aliphatic rings. The maximum atomic E-state index is 15.4. The van der Waals surface area contributed by atoms with Gasteiger partial charge in [-0.3, -0.25) is 14.4 Å². The normalized spacial score (nSPS) is 16.2. The number of carboxylic acids is 1. The number of hydrogen-bond donors (Lipinski definition) is 5. The summed E-state index contributed by atoms with van der Waals surface area (Å²) < 4.78 is 15.4. The molecular weight excluding hydrogens is 665 g/mol. The van der Waals surface area contributed by atoms with Crippen LogP contribution < -0.4 is 27.1 Å². The van der Waals surface area contributed by atoms with Crippen LogP contribution in [0.3, 0.4) is 0 Å². The molecule has 0 saturated heterocycles. The molecular formula is C36H31ClFN7O5. The van der Waals surface area contributed by atoms with Crippen molar-refractivity contribution in [1.29, 1.82) is 0 Å². The number of rotatable bonds is 8. The minimum absolute atomic E-state index is 0.00457. The van der Waals surface area contributed by atoms with Crippen molar-refractivity contribution in [2.24, 2.45) is 10.8 Å². The predicted octanol–water partition coefficient (Wildman–Crippen LogP) is 5.27. The molecule has 4 aromatic carbocycles. The molecule has 2 aliphatic heterocycles. The van der Waals surface area contributed by atoms with Crippen LogP contribution in [0.1, 0.15) is 57.3 Å². The molecule has 12 nitrogen and oxygen atoms in total. The Morgan fingerprint density at radius 2 is 1.72 bits per heavy atom. The Morgan fingerprint density at radius 1 is 1.02 bits per heavy atom. The van der Waals surface area contributed by atoms with E-state index in [2.05, 4.69) is 21.5 Å². The zero-order valence-electron chi connectivity index (χ0n) is 26.8. The van der Waals surface area contributed by atoms with Gasteiger partial charge in [-0.2, -0.15) is 5.10 Å². The Hall–Kier alpha value is -6.05. The zero-order chi connectivity index (χ0) is 35.7. The van der Waals surface area contributed by atoms with Gasteiger partial charge in [0, 0.05) is 28.4 Å². The summed E-state index contributed by atoms with van der Waals surface area (Å²) >= 11 is 6.12. The molecule has 0 aromatic heterocycles. The predicted molar refractivity (Wildman–Crippen MR) is 187 cm³/mol. The summed E-state index contributed by atoms with van der Waals surface area (Å²) in [6.07, 6.45) is 4.22. The number of hydrazine groups is 2. The summed E-state index contributed by atoms with van der Waals surface area (Å²) in [6.45, 7) is 3.66. The first kappa shape index (κ1) is 33.8. The highest BCUT2D eigenvalue weighted by atomic mass is 35.5. The lowest BCUT2D eigenvalue weighted by Gasteiger charge is -2.48. The molecule has 1 unspecified atom stereocenters. The van der Waals surface area contributed by atoms with Gasteiger partial charge >= 0.3 is 5.97 Å². The number of hydrazone groups is 1. The first-order valence-corrected chi connectivity index (χ1v) is 15.7. The molecule has 0 radical (unpaired) electrons. The van der Waals surface area contributed by atoms with Gasteiger partial charge in [0.15, 0.2) is 5.82 Å². The third kappa shape index (κ3) is 6.51. The number of nitrogens with one attached hydrogen (secondary N) is 3. The molecule has 0 aliphatic carbocycles. The first-order valence-electron chi connectivity index (χ1n) is 15.3. The molecule has 0 bridgehead atoms. The van der Waals surface area contributed by atoms with E-state index in [1.165, 1.54) is 58.7 Å². The van der Waals surface area contributed by atoms with Crippen molar-refractivity contribution in [3.63, 3.8) is 0 Å². The number of carbonyl (C=O) groups excluding carboxylic acids is 3. The van der Waals surface area contributed by atoms with Crippen molar-refractivity contribution >= 4 is 59.1 Å². The fourth-order valence-corrected chi connectivity index (χ4v) is 6.38. The fraction of sp³-hybridized carbons (Fsp3) is 0.139. The van der Waals surface area contributed by atoms with Gasteiger partial charge in [0.1, 0.15) is 12.4 Å². The van der Waals surface area contributed by atoms with Crippen LogP contribution in [0.25, 0.3) is 17.2 Å². The van der Waals surface area contributed by atoms with E-state index in [1.807, 2.05) is 19.9 Å². The molecule has 0 spiro atoms. The van der Waals surface area contributed by atoms with Crippen LogP contribution >= 0.6 is 11.6 Å². The monoisotopic (exact) mass is 695 g/mol. The number of nitrogens with two attached hydrogens (primary N) is 1. The summed E-state index contributed by atoms with van der Waals surface area (Å²) in [4.78, 5) is 53.2.